The fourth-order valence-corrected chi connectivity index (χ4v) is 1.40. The van der Waals surface area contributed by atoms with E-state index in [1.807, 2.05) is 0 Å². The molecule has 2 N–H and O–H groups in total. The number of nitrogens with two attached hydrogens (primary N) is 1. The van der Waals surface area contributed by atoms with Crippen molar-refractivity contribution in [1.82, 2.24) is 0 Å². The molecule has 1 heteroatoms. The summed E-state index contributed by atoms with van der Waals surface area (Å²) in [6.45, 7) is 9.72. The van der Waals surface area contributed by atoms with E-state index in [1.54, 1.807) is 0 Å². The first-order chi connectivity index (χ1) is 6.48. The van der Waals surface area contributed by atoms with E-state index in [9.17, 15) is 0 Å². The van der Waals surface area contributed by atoms with Gasteiger partial charge in [0.15, 0.2) is 0 Å². The van der Waals surface area contributed by atoms with Crippen molar-refractivity contribution in [3.8, 4) is 0 Å². The van der Waals surface area contributed by atoms with Crippen molar-refractivity contribution < 1.29 is 1.43 Å². The largest absolute Gasteiger partial charge is 0.326 e. The molecule has 0 saturated carbocycles. The van der Waals surface area contributed by atoms with E-state index in [2.05, 4.69) is 52.0 Å². The first-order valence-electron chi connectivity index (χ1n) is 5.28. The number of benzene rings is 1. The summed E-state index contributed by atoms with van der Waals surface area (Å²) in [6, 6.07) is 8.64. The summed E-state index contributed by atoms with van der Waals surface area (Å²) in [6.07, 6.45) is 0. The van der Waals surface area contributed by atoms with Gasteiger partial charge in [-0.15, -0.1) is 0 Å². The highest BCUT2D eigenvalue weighted by Crippen LogP contribution is 2.31. The zero-order valence-corrected chi connectivity index (χ0v) is 9.67. The topological polar surface area (TPSA) is 26.0 Å². The van der Waals surface area contributed by atoms with Crippen molar-refractivity contribution in [2.45, 2.75) is 39.7 Å². The van der Waals surface area contributed by atoms with Gasteiger partial charge in [-0.05, 0) is 22.5 Å². The zero-order valence-electron chi connectivity index (χ0n) is 9.67. The van der Waals surface area contributed by atoms with Crippen LogP contribution >= 0.6 is 0 Å². The second-order valence-corrected chi connectivity index (χ2v) is 4.78. The Hall–Kier alpha value is -0.820. The molecule has 0 bridgehead atoms. The zero-order chi connectivity index (χ0) is 10.8. The lowest BCUT2D eigenvalue weighted by Crippen LogP contribution is -2.24. The van der Waals surface area contributed by atoms with E-state index < -0.39 is 0 Å². The average Bonchev–Trinajstić information content (AvgIpc) is 2.17. The molecule has 0 radical (unpaired) electrons. The van der Waals surface area contributed by atoms with Gasteiger partial charge in [0.05, 0.1) is 0 Å². The summed E-state index contributed by atoms with van der Waals surface area (Å²) in [5.74, 6) is 0.645. The van der Waals surface area contributed by atoms with Crippen LogP contribution in [0.3, 0.4) is 0 Å². The van der Waals surface area contributed by atoms with Crippen LogP contribution in [0, 0.1) is 5.92 Å². The Labute approximate surface area is 88.8 Å². The molecule has 1 aromatic carbocycles. The standard InChI is InChI=1S/C13H21N.H2/c1-10(2)13(3,4)12-7-5-11(9-14)6-8-12;/h5-8,10H,9,14H2,1-4H3;1H. The molecule has 1 nitrogen and oxygen atoms in total. The van der Waals surface area contributed by atoms with Gasteiger partial charge >= 0.3 is 0 Å². The maximum atomic E-state index is 5.57. The van der Waals surface area contributed by atoms with E-state index >= 15 is 0 Å². The van der Waals surface area contributed by atoms with Crippen LogP contribution in [-0.2, 0) is 12.0 Å². The van der Waals surface area contributed by atoms with Crippen LogP contribution in [0.1, 0.15) is 40.2 Å². The minimum absolute atomic E-state index is 0. The highest BCUT2D eigenvalue weighted by molar-refractivity contribution is 5.28. The molecule has 0 aromatic heterocycles. The van der Waals surface area contributed by atoms with Gasteiger partial charge in [0.1, 0.15) is 0 Å². The van der Waals surface area contributed by atoms with Crippen LogP contribution < -0.4 is 5.73 Å². The maximum Gasteiger partial charge on any atom is 0.0178 e. The van der Waals surface area contributed by atoms with Crippen molar-refractivity contribution in [2.75, 3.05) is 0 Å². The first-order valence-corrected chi connectivity index (χ1v) is 5.28. The van der Waals surface area contributed by atoms with Crippen molar-refractivity contribution in [3.05, 3.63) is 35.4 Å². The SMILES string of the molecule is CC(C)C(C)(C)c1ccc(CN)cc1.[HH]. The average molecular weight is 193 g/mol. The Morgan fingerprint density at radius 1 is 1.21 bits per heavy atom. The summed E-state index contributed by atoms with van der Waals surface area (Å²) in [7, 11) is 0. The fourth-order valence-electron chi connectivity index (χ4n) is 1.40. The molecule has 0 saturated heterocycles. The molecule has 0 heterocycles. The van der Waals surface area contributed by atoms with E-state index in [-0.39, 0.29) is 6.84 Å². The molecular formula is C13H23N. The molecule has 80 valence electrons. The van der Waals surface area contributed by atoms with Crippen molar-refractivity contribution in [3.63, 3.8) is 0 Å². The molecule has 0 aliphatic carbocycles. The van der Waals surface area contributed by atoms with E-state index in [1.165, 1.54) is 11.1 Å². The van der Waals surface area contributed by atoms with Crippen LogP contribution in [-0.4, -0.2) is 0 Å². The summed E-state index contributed by atoms with van der Waals surface area (Å²) in [4.78, 5) is 0. The Morgan fingerprint density at radius 3 is 2.07 bits per heavy atom. The van der Waals surface area contributed by atoms with Gasteiger partial charge in [0.2, 0.25) is 0 Å². The minimum Gasteiger partial charge on any atom is -0.326 e. The summed E-state index contributed by atoms with van der Waals surface area (Å²) in [5, 5.41) is 0. The van der Waals surface area contributed by atoms with E-state index in [0.717, 1.165) is 0 Å². The highest BCUT2D eigenvalue weighted by Gasteiger charge is 2.24. The molecular weight excluding hydrogens is 170 g/mol. The van der Waals surface area contributed by atoms with Crippen molar-refractivity contribution in [1.29, 1.82) is 0 Å². The second-order valence-electron chi connectivity index (χ2n) is 4.78. The van der Waals surface area contributed by atoms with Gasteiger partial charge in [-0.1, -0.05) is 52.0 Å². The summed E-state index contributed by atoms with van der Waals surface area (Å²) in [5.41, 5.74) is 8.41. The lowest BCUT2D eigenvalue weighted by Gasteiger charge is -2.30. The molecule has 0 amide bonds. The molecule has 0 atom stereocenters. The molecule has 0 unspecified atom stereocenters. The Kier molecular flexibility index (Phi) is 3.33. The quantitative estimate of drug-likeness (QED) is 0.783. The van der Waals surface area contributed by atoms with Gasteiger partial charge < -0.3 is 5.73 Å². The Morgan fingerprint density at radius 2 is 1.71 bits per heavy atom. The van der Waals surface area contributed by atoms with Gasteiger partial charge in [-0.2, -0.15) is 0 Å². The predicted octanol–water partition coefficient (Wildman–Crippen LogP) is 3.32. The second kappa shape index (κ2) is 4.14. The molecule has 1 aromatic rings. The van der Waals surface area contributed by atoms with Gasteiger partial charge in [0.25, 0.3) is 0 Å². The molecule has 14 heavy (non-hydrogen) atoms. The number of hydrogen-bond donors (Lipinski definition) is 1. The third-order valence-corrected chi connectivity index (χ3v) is 3.38. The van der Waals surface area contributed by atoms with Crippen LogP contribution in [0.5, 0.6) is 0 Å². The lowest BCUT2D eigenvalue weighted by atomic mass is 9.75. The Bertz CT molecular complexity index is 288. The smallest absolute Gasteiger partial charge is 0.0178 e. The third kappa shape index (κ3) is 2.16. The van der Waals surface area contributed by atoms with Crippen molar-refractivity contribution >= 4 is 0 Å². The lowest BCUT2D eigenvalue weighted by molar-refractivity contribution is 0.372. The normalized spacial score (nSPS) is 12.1. The van der Waals surface area contributed by atoms with E-state index in [4.69, 9.17) is 5.73 Å². The maximum absolute atomic E-state index is 5.57. The molecule has 0 spiro atoms. The summed E-state index contributed by atoms with van der Waals surface area (Å²) < 4.78 is 0. The Balaban J connectivity index is 0.00000196. The van der Waals surface area contributed by atoms with E-state index in [0.29, 0.717) is 12.5 Å². The van der Waals surface area contributed by atoms with Crippen LogP contribution in [0.15, 0.2) is 24.3 Å². The monoisotopic (exact) mass is 193 g/mol. The number of hydrogen-bond acceptors (Lipinski definition) is 1. The van der Waals surface area contributed by atoms with Crippen LogP contribution in [0.2, 0.25) is 0 Å². The van der Waals surface area contributed by atoms with Gasteiger partial charge in [-0.3, -0.25) is 0 Å². The highest BCUT2D eigenvalue weighted by atomic mass is 14.5. The first kappa shape index (κ1) is 11.3. The van der Waals surface area contributed by atoms with Crippen molar-refractivity contribution in [2.24, 2.45) is 11.7 Å². The third-order valence-electron chi connectivity index (χ3n) is 3.38. The molecule has 0 fully saturated rings. The summed E-state index contributed by atoms with van der Waals surface area (Å²) >= 11 is 0. The van der Waals surface area contributed by atoms with Crippen LogP contribution in [0.4, 0.5) is 0 Å². The predicted molar refractivity (Wildman–Crippen MR) is 64.3 cm³/mol. The minimum atomic E-state index is 0. The van der Waals surface area contributed by atoms with Crippen LogP contribution in [0.25, 0.3) is 0 Å². The molecule has 0 aliphatic rings. The fraction of sp³-hybridized carbons (Fsp3) is 0.538. The van der Waals surface area contributed by atoms with Gasteiger partial charge in [-0.25, -0.2) is 0 Å². The van der Waals surface area contributed by atoms with Gasteiger partial charge in [0, 0.05) is 7.97 Å². The number of rotatable bonds is 3. The molecule has 1 rings (SSSR count). The molecule has 0 aliphatic heterocycles.